The van der Waals surface area contributed by atoms with E-state index in [1.54, 1.807) is 12.3 Å². The van der Waals surface area contributed by atoms with E-state index in [1.807, 2.05) is 40.6 Å². The van der Waals surface area contributed by atoms with E-state index < -0.39 is 0 Å². The molecule has 0 spiro atoms. The molecule has 1 saturated heterocycles. The monoisotopic (exact) mass is 358 g/mol. The van der Waals surface area contributed by atoms with E-state index in [2.05, 4.69) is 4.98 Å². The molecule has 0 bridgehead atoms. The van der Waals surface area contributed by atoms with Crippen molar-refractivity contribution in [2.75, 3.05) is 13.1 Å². The summed E-state index contributed by atoms with van der Waals surface area (Å²) >= 11 is 1.52. The maximum Gasteiger partial charge on any atom is 0.246 e. The number of carbonyl (C=O) groups excluding carboxylic acids is 1. The molecule has 1 aliphatic heterocycles. The molecule has 25 heavy (non-hydrogen) atoms. The van der Waals surface area contributed by atoms with Crippen LogP contribution in [0.15, 0.2) is 41.9 Å². The van der Waals surface area contributed by atoms with Crippen LogP contribution >= 0.6 is 11.3 Å². The highest BCUT2D eigenvalue weighted by Gasteiger charge is 2.23. The predicted octanol–water partition coefficient (Wildman–Crippen LogP) is 2.86. The second-order valence-electron chi connectivity index (χ2n) is 6.03. The molecule has 6 heteroatoms. The van der Waals surface area contributed by atoms with Crippen molar-refractivity contribution >= 4 is 23.3 Å². The van der Waals surface area contributed by atoms with E-state index in [0.29, 0.717) is 13.2 Å². The predicted molar refractivity (Wildman–Crippen MR) is 97.9 cm³/mol. The molecule has 1 amide bonds. The molecule has 0 aromatic carbocycles. The number of nitrogens with zero attached hydrogens (tertiary/aromatic N) is 2. The molecule has 5 nitrogen and oxygen atoms in total. The van der Waals surface area contributed by atoms with Gasteiger partial charge >= 0.3 is 0 Å². The molecule has 0 radical (unpaired) electrons. The Kier molecular flexibility index (Phi) is 6.33. The van der Waals surface area contributed by atoms with Gasteiger partial charge in [-0.15, -0.1) is 11.3 Å². The molecule has 1 fully saturated rings. The van der Waals surface area contributed by atoms with Gasteiger partial charge in [-0.25, -0.2) is 0 Å². The zero-order chi connectivity index (χ0) is 17.5. The molecule has 3 rings (SSSR count). The molecule has 2 aromatic rings. The standard InChI is InChI=1S/C19H22N2O3S/c22-12-15-10-18(25-14-15)6-7-19(23)21-9-3-5-17(11-21)24-13-16-4-1-2-8-20-16/h1-2,4,6-8,10,14,17,22H,3,5,9,11-13H2/b7-6+. The minimum atomic E-state index is 0.00471. The Bertz CT molecular complexity index is 714. The Balaban J connectivity index is 1.50. The minimum absolute atomic E-state index is 0.00471. The van der Waals surface area contributed by atoms with E-state index in [0.717, 1.165) is 35.5 Å². The third-order valence-corrected chi connectivity index (χ3v) is 5.08. The van der Waals surface area contributed by atoms with Crippen LogP contribution in [0, 0.1) is 0 Å². The number of thiophene rings is 1. The number of aromatic nitrogens is 1. The number of piperidine rings is 1. The number of likely N-dealkylation sites (tertiary alicyclic amines) is 1. The Morgan fingerprint density at radius 1 is 1.48 bits per heavy atom. The number of hydrogen-bond acceptors (Lipinski definition) is 5. The van der Waals surface area contributed by atoms with E-state index in [-0.39, 0.29) is 18.6 Å². The lowest BCUT2D eigenvalue weighted by Gasteiger charge is -2.32. The highest BCUT2D eigenvalue weighted by molar-refractivity contribution is 7.11. The van der Waals surface area contributed by atoms with Gasteiger partial charge in [-0.1, -0.05) is 6.07 Å². The van der Waals surface area contributed by atoms with Gasteiger partial charge in [-0.05, 0) is 48.1 Å². The van der Waals surface area contributed by atoms with E-state index in [4.69, 9.17) is 9.84 Å². The normalized spacial score (nSPS) is 18.0. The average molecular weight is 358 g/mol. The van der Waals surface area contributed by atoms with Crippen LogP contribution in [0.1, 0.15) is 29.0 Å². The number of amides is 1. The molecule has 1 N–H and O–H groups in total. The highest BCUT2D eigenvalue weighted by atomic mass is 32.1. The van der Waals surface area contributed by atoms with Crippen molar-refractivity contribution in [1.29, 1.82) is 0 Å². The quantitative estimate of drug-likeness (QED) is 0.807. The molecule has 1 unspecified atom stereocenters. The third kappa shape index (κ3) is 5.22. The zero-order valence-corrected chi connectivity index (χ0v) is 14.8. The summed E-state index contributed by atoms with van der Waals surface area (Å²) in [6.45, 7) is 1.88. The molecular weight excluding hydrogens is 336 g/mol. The SMILES string of the molecule is O=C(/C=C/c1cc(CO)cs1)N1CCCC(OCc2ccccn2)C1. The summed E-state index contributed by atoms with van der Waals surface area (Å²) in [6, 6.07) is 7.66. The van der Waals surface area contributed by atoms with Crippen LogP contribution in [-0.4, -0.2) is 40.1 Å². The summed E-state index contributed by atoms with van der Waals surface area (Å²) in [5.74, 6) is 0.00471. The maximum absolute atomic E-state index is 12.4. The van der Waals surface area contributed by atoms with E-state index >= 15 is 0 Å². The minimum Gasteiger partial charge on any atom is -0.392 e. The number of pyridine rings is 1. The van der Waals surface area contributed by atoms with Crippen molar-refractivity contribution in [3.05, 3.63) is 58.1 Å². The first kappa shape index (κ1) is 17.8. The number of carbonyl (C=O) groups is 1. The Labute approximate surface area is 151 Å². The van der Waals surface area contributed by atoms with Crippen molar-refractivity contribution in [2.45, 2.75) is 32.2 Å². The molecular formula is C19H22N2O3S. The fraction of sp³-hybridized carbons (Fsp3) is 0.368. The first-order chi connectivity index (χ1) is 12.2. The van der Waals surface area contributed by atoms with Gasteiger partial charge < -0.3 is 14.7 Å². The van der Waals surface area contributed by atoms with Crippen molar-refractivity contribution in [3.63, 3.8) is 0 Å². The summed E-state index contributed by atoms with van der Waals surface area (Å²) < 4.78 is 5.92. The Morgan fingerprint density at radius 2 is 2.40 bits per heavy atom. The molecule has 1 aliphatic rings. The van der Waals surface area contributed by atoms with E-state index in [1.165, 1.54) is 11.3 Å². The highest BCUT2D eigenvalue weighted by Crippen LogP contribution is 2.18. The van der Waals surface area contributed by atoms with Crippen molar-refractivity contribution < 1.29 is 14.6 Å². The molecule has 1 atom stereocenters. The molecule has 0 aliphatic carbocycles. The van der Waals surface area contributed by atoms with Crippen LogP contribution in [-0.2, 0) is 22.7 Å². The zero-order valence-electron chi connectivity index (χ0n) is 14.0. The molecule has 0 saturated carbocycles. The third-order valence-electron chi connectivity index (χ3n) is 4.13. The Hall–Kier alpha value is -2.02. The summed E-state index contributed by atoms with van der Waals surface area (Å²) in [4.78, 5) is 19.5. The van der Waals surface area contributed by atoms with Crippen LogP contribution in [0.2, 0.25) is 0 Å². The largest absolute Gasteiger partial charge is 0.392 e. The summed E-state index contributed by atoms with van der Waals surface area (Å²) in [7, 11) is 0. The van der Waals surface area contributed by atoms with Crippen molar-refractivity contribution in [3.8, 4) is 0 Å². The summed E-state index contributed by atoms with van der Waals surface area (Å²) in [5.41, 5.74) is 1.78. The first-order valence-electron chi connectivity index (χ1n) is 8.41. The number of aliphatic hydroxyl groups is 1. The smallest absolute Gasteiger partial charge is 0.246 e. The van der Waals surface area contributed by atoms with Crippen LogP contribution < -0.4 is 0 Å². The fourth-order valence-electron chi connectivity index (χ4n) is 2.78. The second kappa shape index (κ2) is 8.89. The first-order valence-corrected chi connectivity index (χ1v) is 9.29. The summed E-state index contributed by atoms with van der Waals surface area (Å²) in [5, 5.41) is 11.0. The van der Waals surface area contributed by atoms with Gasteiger partial charge in [-0.3, -0.25) is 9.78 Å². The van der Waals surface area contributed by atoms with Gasteiger partial charge in [0.1, 0.15) is 0 Å². The van der Waals surface area contributed by atoms with E-state index in [9.17, 15) is 4.79 Å². The molecule has 132 valence electrons. The van der Waals surface area contributed by atoms with Crippen LogP contribution in [0.3, 0.4) is 0 Å². The van der Waals surface area contributed by atoms with Crippen LogP contribution in [0.5, 0.6) is 0 Å². The van der Waals surface area contributed by atoms with Crippen molar-refractivity contribution in [1.82, 2.24) is 9.88 Å². The molecule has 3 heterocycles. The van der Waals surface area contributed by atoms with Gasteiger partial charge in [-0.2, -0.15) is 0 Å². The lowest BCUT2D eigenvalue weighted by atomic mass is 10.1. The maximum atomic E-state index is 12.4. The number of hydrogen-bond donors (Lipinski definition) is 1. The second-order valence-corrected chi connectivity index (χ2v) is 6.97. The van der Waals surface area contributed by atoms with Crippen LogP contribution in [0.25, 0.3) is 6.08 Å². The summed E-state index contributed by atoms with van der Waals surface area (Å²) in [6.07, 6.45) is 7.13. The van der Waals surface area contributed by atoms with Gasteiger partial charge in [0.25, 0.3) is 0 Å². The van der Waals surface area contributed by atoms with Gasteiger partial charge in [0.05, 0.1) is 25.0 Å². The van der Waals surface area contributed by atoms with Crippen LogP contribution in [0.4, 0.5) is 0 Å². The average Bonchev–Trinajstić information content (AvgIpc) is 3.14. The van der Waals surface area contributed by atoms with Crippen molar-refractivity contribution in [2.24, 2.45) is 0 Å². The number of ether oxygens (including phenoxy) is 1. The topological polar surface area (TPSA) is 62.7 Å². The number of aliphatic hydroxyl groups excluding tert-OH is 1. The Morgan fingerprint density at radius 3 is 3.16 bits per heavy atom. The lowest BCUT2D eigenvalue weighted by Crippen LogP contribution is -2.42. The lowest BCUT2D eigenvalue weighted by molar-refractivity contribution is -0.130. The fourth-order valence-corrected chi connectivity index (χ4v) is 3.58. The van der Waals surface area contributed by atoms with Gasteiger partial charge in [0, 0.05) is 30.2 Å². The van der Waals surface area contributed by atoms with Gasteiger partial charge in [0.2, 0.25) is 5.91 Å². The molecule has 2 aromatic heterocycles. The number of rotatable bonds is 6. The van der Waals surface area contributed by atoms with Gasteiger partial charge in [0.15, 0.2) is 0 Å².